The summed E-state index contributed by atoms with van der Waals surface area (Å²) in [6.07, 6.45) is 1.03. The van der Waals surface area contributed by atoms with Crippen LogP contribution in [0.25, 0.3) is 0 Å². The van der Waals surface area contributed by atoms with E-state index in [9.17, 15) is 0 Å². The summed E-state index contributed by atoms with van der Waals surface area (Å²) in [7, 11) is 0. The Morgan fingerprint density at radius 3 is 2.71 bits per heavy atom. The van der Waals surface area contributed by atoms with Crippen molar-refractivity contribution in [2.24, 2.45) is 0 Å². The maximum atomic E-state index is 4.46. The second kappa shape index (κ2) is 5.76. The van der Waals surface area contributed by atoms with Gasteiger partial charge < -0.3 is 5.32 Å². The van der Waals surface area contributed by atoms with Crippen LogP contribution in [0.4, 0.5) is 0 Å². The molecular formula is C13H18N2S2. The van der Waals surface area contributed by atoms with E-state index in [-0.39, 0.29) is 0 Å². The minimum atomic E-state index is 0.973. The first-order valence-corrected chi connectivity index (χ1v) is 7.52. The summed E-state index contributed by atoms with van der Waals surface area (Å²) in [6.45, 7) is 8.38. The molecule has 0 saturated carbocycles. The van der Waals surface area contributed by atoms with Crippen LogP contribution < -0.4 is 5.32 Å². The van der Waals surface area contributed by atoms with Gasteiger partial charge in [0.2, 0.25) is 0 Å². The largest absolute Gasteiger partial charge is 0.312 e. The third-order valence-corrected chi connectivity index (χ3v) is 4.68. The molecule has 0 bridgehead atoms. The molecule has 2 aromatic heterocycles. The average Bonchev–Trinajstić information content (AvgIpc) is 2.81. The number of aromatic nitrogens is 1. The molecule has 92 valence electrons. The Hall–Kier alpha value is -0.710. The van der Waals surface area contributed by atoms with Crippen LogP contribution in [-0.2, 0) is 13.0 Å². The lowest BCUT2D eigenvalue weighted by molar-refractivity contribution is 0.684. The van der Waals surface area contributed by atoms with E-state index < -0.39 is 0 Å². The van der Waals surface area contributed by atoms with Gasteiger partial charge in [-0.05, 0) is 32.4 Å². The fourth-order valence-electron chi connectivity index (χ4n) is 1.79. The number of thiophene rings is 1. The van der Waals surface area contributed by atoms with Gasteiger partial charge in [-0.2, -0.15) is 0 Å². The van der Waals surface area contributed by atoms with Gasteiger partial charge in [0, 0.05) is 40.3 Å². The molecule has 2 rings (SSSR count). The predicted molar refractivity (Wildman–Crippen MR) is 76.1 cm³/mol. The first-order chi connectivity index (χ1) is 8.15. The smallest absolute Gasteiger partial charge is 0.0940 e. The van der Waals surface area contributed by atoms with Crippen LogP contribution in [0, 0.1) is 20.8 Å². The lowest BCUT2D eigenvalue weighted by Crippen LogP contribution is -2.16. The first-order valence-electron chi connectivity index (χ1n) is 5.83. The highest BCUT2D eigenvalue weighted by atomic mass is 32.1. The minimum absolute atomic E-state index is 0.973. The molecule has 0 spiro atoms. The Labute approximate surface area is 111 Å². The van der Waals surface area contributed by atoms with E-state index in [1.807, 2.05) is 18.3 Å². The lowest BCUT2D eigenvalue weighted by atomic mass is 10.2. The van der Waals surface area contributed by atoms with Gasteiger partial charge in [0.25, 0.3) is 0 Å². The second-order valence-electron chi connectivity index (χ2n) is 4.25. The van der Waals surface area contributed by atoms with Crippen molar-refractivity contribution in [3.8, 4) is 0 Å². The van der Waals surface area contributed by atoms with Gasteiger partial charge in [0.05, 0.1) is 5.01 Å². The normalized spacial score (nSPS) is 11.0. The molecule has 0 aromatic carbocycles. The standard InChI is InChI=1S/C13H18N2S2/c1-9-8-16-13(15-9)4-5-14-7-12-6-10(2)17-11(12)3/h6,8,14H,4-5,7H2,1-3H3. The molecule has 2 aromatic rings. The van der Waals surface area contributed by atoms with Crippen LogP contribution >= 0.6 is 22.7 Å². The Bertz CT molecular complexity index is 485. The van der Waals surface area contributed by atoms with Gasteiger partial charge in [0.1, 0.15) is 0 Å². The van der Waals surface area contributed by atoms with Crippen molar-refractivity contribution in [2.75, 3.05) is 6.54 Å². The van der Waals surface area contributed by atoms with Crippen molar-refractivity contribution in [3.63, 3.8) is 0 Å². The summed E-state index contributed by atoms with van der Waals surface area (Å²) in [6, 6.07) is 2.28. The molecule has 0 fully saturated rings. The van der Waals surface area contributed by atoms with Crippen molar-refractivity contribution in [2.45, 2.75) is 33.7 Å². The summed E-state index contributed by atoms with van der Waals surface area (Å²) in [4.78, 5) is 7.29. The van der Waals surface area contributed by atoms with Gasteiger partial charge in [0.15, 0.2) is 0 Å². The lowest BCUT2D eigenvalue weighted by Gasteiger charge is -2.02. The summed E-state index contributed by atoms with van der Waals surface area (Å²) in [5, 5.41) is 6.83. The van der Waals surface area contributed by atoms with Crippen LogP contribution in [0.2, 0.25) is 0 Å². The molecule has 0 amide bonds. The quantitative estimate of drug-likeness (QED) is 0.838. The topological polar surface area (TPSA) is 24.9 Å². The molecule has 17 heavy (non-hydrogen) atoms. The molecular weight excluding hydrogens is 248 g/mol. The summed E-state index contributed by atoms with van der Waals surface area (Å²) in [5.74, 6) is 0. The van der Waals surface area contributed by atoms with Gasteiger partial charge in [-0.1, -0.05) is 0 Å². The third-order valence-electron chi connectivity index (χ3n) is 2.64. The molecule has 4 heteroatoms. The van der Waals surface area contributed by atoms with E-state index in [2.05, 4.69) is 35.6 Å². The Kier molecular flexibility index (Phi) is 4.31. The summed E-state index contributed by atoms with van der Waals surface area (Å²) in [5.41, 5.74) is 2.57. The Morgan fingerprint density at radius 2 is 2.12 bits per heavy atom. The monoisotopic (exact) mass is 266 g/mol. The van der Waals surface area contributed by atoms with Gasteiger partial charge in [-0.3, -0.25) is 0 Å². The van der Waals surface area contributed by atoms with Crippen molar-refractivity contribution in [1.29, 1.82) is 0 Å². The van der Waals surface area contributed by atoms with Crippen molar-refractivity contribution in [1.82, 2.24) is 10.3 Å². The highest BCUT2D eigenvalue weighted by Crippen LogP contribution is 2.20. The molecule has 2 nitrogen and oxygen atoms in total. The molecule has 0 unspecified atom stereocenters. The molecule has 0 aliphatic carbocycles. The van der Waals surface area contributed by atoms with E-state index in [0.717, 1.165) is 25.2 Å². The van der Waals surface area contributed by atoms with Crippen LogP contribution in [0.3, 0.4) is 0 Å². The van der Waals surface area contributed by atoms with Crippen LogP contribution in [-0.4, -0.2) is 11.5 Å². The van der Waals surface area contributed by atoms with Crippen LogP contribution in [0.15, 0.2) is 11.4 Å². The summed E-state index contributed by atoms with van der Waals surface area (Å²) < 4.78 is 0. The zero-order valence-corrected chi connectivity index (χ0v) is 12.2. The molecule has 0 radical (unpaired) electrons. The Morgan fingerprint density at radius 1 is 1.29 bits per heavy atom. The van der Waals surface area contributed by atoms with Crippen LogP contribution in [0.1, 0.15) is 26.0 Å². The van der Waals surface area contributed by atoms with Crippen molar-refractivity contribution >= 4 is 22.7 Å². The third kappa shape index (κ3) is 3.63. The van der Waals surface area contributed by atoms with E-state index >= 15 is 0 Å². The molecule has 0 aliphatic rings. The Balaban J connectivity index is 1.75. The number of rotatable bonds is 5. The van der Waals surface area contributed by atoms with E-state index in [4.69, 9.17) is 0 Å². The number of nitrogens with one attached hydrogen (secondary N) is 1. The highest BCUT2D eigenvalue weighted by molar-refractivity contribution is 7.12. The van der Waals surface area contributed by atoms with Gasteiger partial charge >= 0.3 is 0 Å². The molecule has 0 saturated heterocycles. The van der Waals surface area contributed by atoms with Crippen molar-refractivity contribution < 1.29 is 0 Å². The van der Waals surface area contributed by atoms with Crippen LogP contribution in [0.5, 0.6) is 0 Å². The SMILES string of the molecule is Cc1csc(CCNCc2cc(C)sc2C)n1. The predicted octanol–water partition coefficient (Wildman–Crippen LogP) is 3.46. The molecule has 0 atom stereocenters. The number of hydrogen-bond donors (Lipinski definition) is 1. The maximum absolute atomic E-state index is 4.46. The number of nitrogens with zero attached hydrogens (tertiary/aromatic N) is 1. The number of hydrogen-bond acceptors (Lipinski definition) is 4. The average molecular weight is 266 g/mol. The zero-order valence-electron chi connectivity index (χ0n) is 10.5. The van der Waals surface area contributed by atoms with Gasteiger partial charge in [-0.15, -0.1) is 22.7 Å². The number of thiazole rings is 1. The van der Waals surface area contributed by atoms with Crippen molar-refractivity contribution in [3.05, 3.63) is 37.5 Å². The molecule has 0 aliphatic heterocycles. The fraction of sp³-hybridized carbons (Fsp3) is 0.462. The fourth-order valence-corrected chi connectivity index (χ4v) is 3.52. The molecule has 2 heterocycles. The maximum Gasteiger partial charge on any atom is 0.0940 e. The van der Waals surface area contributed by atoms with Gasteiger partial charge in [-0.25, -0.2) is 4.98 Å². The summed E-state index contributed by atoms with van der Waals surface area (Å²) >= 11 is 3.63. The minimum Gasteiger partial charge on any atom is -0.312 e. The van der Waals surface area contributed by atoms with E-state index in [1.54, 1.807) is 11.3 Å². The molecule has 1 N–H and O–H groups in total. The van der Waals surface area contributed by atoms with E-state index in [1.165, 1.54) is 20.3 Å². The second-order valence-corrected chi connectivity index (χ2v) is 6.65. The van der Waals surface area contributed by atoms with E-state index in [0.29, 0.717) is 0 Å². The number of aryl methyl sites for hydroxylation is 3. The zero-order chi connectivity index (χ0) is 12.3. The first kappa shape index (κ1) is 12.7. The highest BCUT2D eigenvalue weighted by Gasteiger charge is 2.02.